The van der Waals surface area contributed by atoms with Gasteiger partial charge in [0.15, 0.2) is 9.84 Å². The van der Waals surface area contributed by atoms with Crippen molar-refractivity contribution >= 4 is 9.84 Å². The van der Waals surface area contributed by atoms with Crippen molar-refractivity contribution in [1.29, 1.82) is 0 Å². The molecule has 29 heavy (non-hydrogen) atoms. The van der Waals surface area contributed by atoms with Crippen molar-refractivity contribution in [1.82, 2.24) is 5.32 Å². The molecule has 0 atom stereocenters. The molecule has 2 aliphatic carbocycles. The lowest BCUT2D eigenvalue weighted by Crippen LogP contribution is -2.35. The summed E-state index contributed by atoms with van der Waals surface area (Å²) in [4.78, 5) is 0. The second-order valence-corrected chi connectivity index (χ2v) is 12.6. The molecule has 1 fully saturated rings. The monoisotopic (exact) mass is 411 g/mol. The van der Waals surface area contributed by atoms with Gasteiger partial charge in [0.2, 0.25) is 0 Å². The largest absolute Gasteiger partial charge is 0.306 e. The molecule has 0 aliphatic heterocycles. The Bertz CT molecular complexity index is 921. The molecule has 4 heteroatoms. The highest BCUT2D eigenvalue weighted by Crippen LogP contribution is 2.43. The van der Waals surface area contributed by atoms with Crippen LogP contribution >= 0.6 is 0 Å². The van der Waals surface area contributed by atoms with Crippen molar-refractivity contribution in [2.75, 3.05) is 12.3 Å². The maximum atomic E-state index is 12.5. The van der Waals surface area contributed by atoms with Gasteiger partial charge in [-0.25, -0.2) is 8.42 Å². The highest BCUT2D eigenvalue weighted by atomic mass is 32.2. The molecule has 0 unspecified atom stereocenters. The van der Waals surface area contributed by atoms with Crippen LogP contribution in [0.1, 0.15) is 63.6 Å². The first kappa shape index (κ1) is 20.6. The number of hydrogen-bond acceptors (Lipinski definition) is 3. The molecule has 1 saturated carbocycles. The SMILES string of the molecule is CC(C)(C)S(=O)(=O)CC1CCC(CNC2c3ccccc3-c3ccccc32)CC1. The predicted octanol–water partition coefficient (Wildman–Crippen LogP) is 5.37. The first-order chi connectivity index (χ1) is 13.8. The number of rotatable bonds is 5. The van der Waals surface area contributed by atoms with Gasteiger partial charge < -0.3 is 5.32 Å². The van der Waals surface area contributed by atoms with Crippen LogP contribution < -0.4 is 5.32 Å². The Labute approximate surface area is 175 Å². The van der Waals surface area contributed by atoms with E-state index in [2.05, 4.69) is 53.8 Å². The molecule has 156 valence electrons. The summed E-state index contributed by atoms with van der Waals surface area (Å²) >= 11 is 0. The van der Waals surface area contributed by atoms with Gasteiger partial charge >= 0.3 is 0 Å². The lowest BCUT2D eigenvalue weighted by atomic mass is 9.82. The first-order valence-corrected chi connectivity index (χ1v) is 12.6. The van der Waals surface area contributed by atoms with Crippen LogP contribution in [0.15, 0.2) is 48.5 Å². The standard InChI is InChI=1S/C25H33NO2S/c1-25(2,3)29(27,28)17-19-14-12-18(13-15-19)16-26-24-22-10-6-4-8-20(22)21-9-5-7-11-23(21)24/h4-11,18-19,24,26H,12-17H2,1-3H3. The summed E-state index contributed by atoms with van der Waals surface area (Å²) in [6.07, 6.45) is 4.29. The number of benzene rings is 2. The third kappa shape index (κ3) is 4.15. The average Bonchev–Trinajstić information content (AvgIpc) is 3.00. The van der Waals surface area contributed by atoms with E-state index in [1.807, 2.05) is 20.8 Å². The van der Waals surface area contributed by atoms with Crippen LogP contribution in [-0.4, -0.2) is 25.5 Å². The molecular weight excluding hydrogens is 378 g/mol. The van der Waals surface area contributed by atoms with Crippen molar-refractivity contribution in [3.63, 3.8) is 0 Å². The Morgan fingerprint density at radius 3 is 1.83 bits per heavy atom. The lowest BCUT2D eigenvalue weighted by molar-refractivity contribution is 0.278. The van der Waals surface area contributed by atoms with Gasteiger partial charge in [0, 0.05) is 0 Å². The second-order valence-electron chi connectivity index (χ2n) is 9.80. The zero-order chi connectivity index (χ0) is 20.6. The maximum Gasteiger partial charge on any atom is 0.155 e. The van der Waals surface area contributed by atoms with Crippen LogP contribution in [0.4, 0.5) is 0 Å². The second kappa shape index (κ2) is 7.88. The number of hydrogen-bond donors (Lipinski definition) is 1. The van der Waals surface area contributed by atoms with Crippen LogP contribution in [0.2, 0.25) is 0 Å². The van der Waals surface area contributed by atoms with Crippen LogP contribution in [0.3, 0.4) is 0 Å². The van der Waals surface area contributed by atoms with E-state index in [1.54, 1.807) is 0 Å². The molecular formula is C25H33NO2S. The molecule has 0 spiro atoms. The molecule has 2 aromatic carbocycles. The lowest BCUT2D eigenvalue weighted by Gasteiger charge is -2.31. The fourth-order valence-electron chi connectivity index (χ4n) is 4.82. The van der Waals surface area contributed by atoms with E-state index in [4.69, 9.17) is 0 Å². The molecule has 1 N–H and O–H groups in total. The topological polar surface area (TPSA) is 46.2 Å². The van der Waals surface area contributed by atoms with E-state index >= 15 is 0 Å². The van der Waals surface area contributed by atoms with E-state index in [0.717, 1.165) is 32.2 Å². The Hall–Kier alpha value is -1.65. The number of fused-ring (bicyclic) bond motifs is 3. The van der Waals surface area contributed by atoms with Crippen molar-refractivity contribution < 1.29 is 8.42 Å². The summed E-state index contributed by atoms with van der Waals surface area (Å²) in [6, 6.07) is 17.7. The molecule has 3 nitrogen and oxygen atoms in total. The predicted molar refractivity (Wildman–Crippen MR) is 121 cm³/mol. The minimum Gasteiger partial charge on any atom is -0.306 e. The highest BCUT2D eigenvalue weighted by Gasteiger charge is 2.34. The van der Waals surface area contributed by atoms with Crippen molar-refractivity contribution in [2.45, 2.75) is 57.2 Å². The van der Waals surface area contributed by atoms with Gasteiger partial charge in [-0.3, -0.25) is 0 Å². The fraction of sp³-hybridized carbons (Fsp3) is 0.520. The summed E-state index contributed by atoms with van der Waals surface area (Å²) < 4.78 is 24.4. The van der Waals surface area contributed by atoms with Crippen LogP contribution in [0.25, 0.3) is 11.1 Å². The van der Waals surface area contributed by atoms with E-state index in [1.165, 1.54) is 22.3 Å². The summed E-state index contributed by atoms with van der Waals surface area (Å²) in [5, 5.41) is 3.83. The van der Waals surface area contributed by atoms with Crippen molar-refractivity contribution in [2.24, 2.45) is 11.8 Å². The molecule has 2 aliphatic rings. The van der Waals surface area contributed by atoms with Gasteiger partial charge in [-0.15, -0.1) is 0 Å². The van der Waals surface area contributed by atoms with Gasteiger partial charge in [-0.05, 0) is 87.1 Å². The Balaban J connectivity index is 1.36. The number of nitrogens with one attached hydrogen (secondary N) is 1. The van der Waals surface area contributed by atoms with Crippen LogP contribution in [0, 0.1) is 11.8 Å². The Morgan fingerprint density at radius 1 is 0.828 bits per heavy atom. The molecule has 0 heterocycles. The minimum atomic E-state index is -3.02. The zero-order valence-corrected chi connectivity index (χ0v) is 18.6. The molecule has 2 aromatic rings. The van der Waals surface area contributed by atoms with Crippen molar-refractivity contribution in [3.05, 3.63) is 59.7 Å². The normalized spacial score (nSPS) is 22.3. The molecule has 0 amide bonds. The van der Waals surface area contributed by atoms with E-state index in [9.17, 15) is 8.42 Å². The van der Waals surface area contributed by atoms with Crippen LogP contribution in [0.5, 0.6) is 0 Å². The summed E-state index contributed by atoms with van der Waals surface area (Å²) in [7, 11) is -3.02. The summed E-state index contributed by atoms with van der Waals surface area (Å²) in [5.74, 6) is 1.30. The summed E-state index contributed by atoms with van der Waals surface area (Å²) in [6.45, 7) is 6.44. The Kier molecular flexibility index (Phi) is 5.60. The smallest absolute Gasteiger partial charge is 0.155 e. The quantitative estimate of drug-likeness (QED) is 0.720. The summed E-state index contributed by atoms with van der Waals surface area (Å²) in [5.41, 5.74) is 5.44. The van der Waals surface area contributed by atoms with E-state index in [-0.39, 0.29) is 6.04 Å². The van der Waals surface area contributed by atoms with E-state index < -0.39 is 14.6 Å². The van der Waals surface area contributed by atoms with Crippen LogP contribution in [-0.2, 0) is 9.84 Å². The Morgan fingerprint density at radius 2 is 1.31 bits per heavy atom. The molecule has 0 radical (unpaired) electrons. The highest BCUT2D eigenvalue weighted by molar-refractivity contribution is 7.92. The average molecular weight is 412 g/mol. The third-order valence-corrected chi connectivity index (χ3v) is 9.58. The van der Waals surface area contributed by atoms with Crippen molar-refractivity contribution in [3.8, 4) is 11.1 Å². The molecule has 0 saturated heterocycles. The molecule has 0 aromatic heterocycles. The van der Waals surface area contributed by atoms with E-state index in [0.29, 0.717) is 17.6 Å². The first-order valence-electron chi connectivity index (χ1n) is 10.9. The number of sulfone groups is 1. The molecule has 0 bridgehead atoms. The minimum absolute atomic E-state index is 0.265. The van der Waals surface area contributed by atoms with Gasteiger partial charge in [-0.2, -0.15) is 0 Å². The van der Waals surface area contributed by atoms with Gasteiger partial charge in [0.25, 0.3) is 0 Å². The van der Waals surface area contributed by atoms with Gasteiger partial charge in [0.05, 0.1) is 16.5 Å². The fourth-order valence-corrected chi connectivity index (χ4v) is 6.28. The third-order valence-electron chi connectivity index (χ3n) is 6.80. The molecule has 4 rings (SSSR count). The van der Waals surface area contributed by atoms with Gasteiger partial charge in [0.1, 0.15) is 0 Å². The zero-order valence-electron chi connectivity index (χ0n) is 17.8. The van der Waals surface area contributed by atoms with Gasteiger partial charge in [-0.1, -0.05) is 48.5 Å². The maximum absolute atomic E-state index is 12.5.